The summed E-state index contributed by atoms with van der Waals surface area (Å²) in [5, 5.41) is 13.9. The summed E-state index contributed by atoms with van der Waals surface area (Å²) >= 11 is 0. The maximum atomic E-state index is 17.8. The van der Waals surface area contributed by atoms with E-state index in [1.165, 1.54) is 12.2 Å². The van der Waals surface area contributed by atoms with E-state index in [1.807, 2.05) is 43.3 Å². The average molecular weight is 863 g/mol. The van der Waals surface area contributed by atoms with E-state index in [1.54, 1.807) is 51.4 Å². The average Bonchev–Trinajstić information content (AvgIpc) is 3.96. The van der Waals surface area contributed by atoms with Gasteiger partial charge in [0.2, 0.25) is 5.78 Å². The Morgan fingerprint density at radius 2 is 1.68 bits per heavy atom. The largest absolute Gasteiger partial charge is 0.461 e. The third kappa shape index (κ3) is 7.01. The van der Waals surface area contributed by atoms with Crippen LogP contribution in [0.3, 0.4) is 0 Å². The van der Waals surface area contributed by atoms with E-state index < -0.39 is 94.0 Å². The molecule has 0 spiro atoms. The van der Waals surface area contributed by atoms with Gasteiger partial charge in [0.05, 0.1) is 24.0 Å². The summed E-state index contributed by atoms with van der Waals surface area (Å²) in [6.45, 7) is 6.65. The molecule has 9 rings (SSSR count). The number of aromatic nitrogens is 1. The summed E-state index contributed by atoms with van der Waals surface area (Å²) in [4.78, 5) is 70.9. The first kappa shape index (κ1) is 43.3. The number of fused-ring (bicyclic) bond motifs is 8. The van der Waals surface area contributed by atoms with E-state index >= 15 is 4.39 Å². The maximum Gasteiger partial charge on any atom is 0.310 e. The minimum absolute atomic E-state index is 0.0354. The topological polar surface area (TPSA) is 181 Å². The normalized spacial score (nSPS) is 35.1. The monoisotopic (exact) mass is 862 g/mol. The molecule has 6 aliphatic rings. The van der Waals surface area contributed by atoms with Crippen molar-refractivity contribution >= 4 is 40.1 Å². The number of aliphatic hydroxyl groups is 1. The summed E-state index contributed by atoms with van der Waals surface area (Å²) in [5.74, 6) is -6.13. The predicted molar refractivity (Wildman–Crippen MR) is 227 cm³/mol. The van der Waals surface area contributed by atoms with Crippen molar-refractivity contribution in [2.75, 3.05) is 13.2 Å². The number of aliphatic hydroxyl groups excluding tert-OH is 1. The molecule has 12 nitrogen and oxygen atoms in total. The molecule has 1 aliphatic heterocycles. The van der Waals surface area contributed by atoms with E-state index in [-0.39, 0.29) is 37.4 Å². The van der Waals surface area contributed by atoms with Crippen LogP contribution in [0.4, 0.5) is 4.39 Å². The van der Waals surface area contributed by atoms with Crippen LogP contribution in [0, 0.1) is 34.5 Å². The van der Waals surface area contributed by atoms with Crippen molar-refractivity contribution in [1.82, 2.24) is 4.98 Å². The fraction of sp³-hybridized carbons (Fsp3) is 0.520. The van der Waals surface area contributed by atoms with Gasteiger partial charge in [-0.25, -0.2) is 4.39 Å². The van der Waals surface area contributed by atoms with Crippen LogP contribution in [0.2, 0.25) is 0 Å². The molecule has 13 heteroatoms. The third-order valence-corrected chi connectivity index (χ3v) is 15.5. The van der Waals surface area contributed by atoms with Crippen LogP contribution < -0.4 is 5.73 Å². The number of hydrogen-bond acceptors (Lipinski definition) is 12. The molecule has 2 heterocycles. The Morgan fingerprint density at radius 3 is 2.43 bits per heavy atom. The molecule has 1 saturated heterocycles. The summed E-state index contributed by atoms with van der Waals surface area (Å²) in [6, 6.07) is 15.1. The fourth-order valence-corrected chi connectivity index (χ4v) is 12.2. The number of esters is 2. The Labute approximate surface area is 365 Å². The van der Waals surface area contributed by atoms with Gasteiger partial charge in [-0.3, -0.25) is 29.0 Å². The number of alkyl halides is 1. The molecular weight excluding hydrogens is 808 g/mol. The molecule has 3 N–H and O–H groups in total. The van der Waals surface area contributed by atoms with Crippen LogP contribution in [-0.4, -0.2) is 81.8 Å². The summed E-state index contributed by atoms with van der Waals surface area (Å²) in [5.41, 5.74) is 3.00. The Kier molecular flexibility index (Phi) is 10.8. The number of carbonyl (C=O) groups excluding carboxylic acids is 5. The Bertz CT molecular complexity index is 2450. The van der Waals surface area contributed by atoms with Gasteiger partial charge in [0, 0.05) is 46.9 Å². The van der Waals surface area contributed by atoms with Crippen molar-refractivity contribution in [3.63, 3.8) is 0 Å². The van der Waals surface area contributed by atoms with Gasteiger partial charge in [-0.05, 0) is 112 Å². The zero-order valence-corrected chi connectivity index (χ0v) is 36.1. The minimum Gasteiger partial charge on any atom is -0.461 e. The molecule has 5 aliphatic carbocycles. The van der Waals surface area contributed by atoms with Crippen molar-refractivity contribution in [3.05, 3.63) is 101 Å². The standard InChI is InChI=1S/C50H55FN2O10/c1-46(2)62-43-23-39-38-12-11-33-21-34(54)13-16-47(33,3)49(38,51)41(56)24-48(39,4)50(43,63-46)42(57)27-61-45(59)37-22-36(37)44(58)60-26-28-5-8-30(9-6-28)35(14-17-52)40(55)20-29-7-10-32-25-53-18-15-31(32)19-29/h5-10,13,15-16,18-19,21,25,35-39,41,43,56H,11-12,14,17,20,22-24,26-27,52H2,1-4H3/t35?,36?,37?,38-,39-,41-,43+,47-,48-,49-,50+/m0/s1. The van der Waals surface area contributed by atoms with E-state index in [9.17, 15) is 29.1 Å². The number of nitrogens with zero attached hydrogens (tertiary/aromatic N) is 1. The minimum atomic E-state index is -2.10. The highest BCUT2D eigenvalue weighted by molar-refractivity contribution is 6.01. The lowest BCUT2D eigenvalue weighted by molar-refractivity contribution is -0.246. The highest BCUT2D eigenvalue weighted by Crippen LogP contribution is 2.72. The lowest BCUT2D eigenvalue weighted by atomic mass is 9.44. The number of rotatable bonds is 13. The van der Waals surface area contributed by atoms with Crippen molar-refractivity contribution in [1.29, 1.82) is 0 Å². The summed E-state index contributed by atoms with van der Waals surface area (Å²) < 4.78 is 41.9. The maximum absolute atomic E-state index is 17.8. The molecule has 1 aromatic heterocycles. The van der Waals surface area contributed by atoms with Gasteiger partial charge in [-0.2, -0.15) is 0 Å². The molecule has 0 bridgehead atoms. The molecule has 0 amide bonds. The van der Waals surface area contributed by atoms with Gasteiger partial charge in [0.15, 0.2) is 29.4 Å². The van der Waals surface area contributed by atoms with Gasteiger partial charge >= 0.3 is 11.9 Å². The zero-order chi connectivity index (χ0) is 44.7. The second-order valence-corrected chi connectivity index (χ2v) is 19.5. The smallest absolute Gasteiger partial charge is 0.310 e. The van der Waals surface area contributed by atoms with Gasteiger partial charge in [0.25, 0.3) is 0 Å². The molecular formula is C50H55FN2O10. The number of ether oxygens (including phenoxy) is 4. The van der Waals surface area contributed by atoms with Crippen LogP contribution in [0.15, 0.2) is 84.7 Å². The number of allylic oxidation sites excluding steroid dienone is 4. The number of Topliss-reactive ketones (excluding diaryl/α,β-unsaturated/α-hetero) is 2. The fourth-order valence-electron chi connectivity index (χ4n) is 12.2. The highest BCUT2D eigenvalue weighted by atomic mass is 19.1. The van der Waals surface area contributed by atoms with Gasteiger partial charge in [-0.1, -0.05) is 61.0 Å². The van der Waals surface area contributed by atoms with Gasteiger partial charge < -0.3 is 29.8 Å². The molecule has 3 unspecified atom stereocenters. The van der Waals surface area contributed by atoms with E-state index in [0.717, 1.165) is 21.9 Å². The summed E-state index contributed by atoms with van der Waals surface area (Å²) in [6.07, 6.45) is 7.67. The first-order chi connectivity index (χ1) is 29.9. The van der Waals surface area contributed by atoms with Gasteiger partial charge in [-0.15, -0.1) is 0 Å². The Balaban J connectivity index is 0.809. The Morgan fingerprint density at radius 1 is 0.952 bits per heavy atom. The van der Waals surface area contributed by atoms with Crippen LogP contribution >= 0.6 is 0 Å². The second-order valence-electron chi connectivity index (χ2n) is 19.5. The number of pyridine rings is 1. The number of hydrogen-bond donors (Lipinski definition) is 2. The number of ketones is 3. The number of benzene rings is 2. The van der Waals surface area contributed by atoms with Crippen LogP contribution in [0.1, 0.15) is 88.8 Å². The predicted octanol–water partition coefficient (Wildman–Crippen LogP) is 6.14. The molecule has 3 aromatic rings. The Hall–Kier alpha value is -4.95. The highest BCUT2D eigenvalue weighted by Gasteiger charge is 2.80. The number of carbonyl (C=O) groups is 5. The van der Waals surface area contributed by atoms with Gasteiger partial charge in [0.1, 0.15) is 12.4 Å². The van der Waals surface area contributed by atoms with Crippen molar-refractivity contribution < 1.29 is 52.4 Å². The van der Waals surface area contributed by atoms with E-state index in [4.69, 9.17) is 24.7 Å². The summed E-state index contributed by atoms with van der Waals surface area (Å²) in [7, 11) is 0. The molecule has 2 aromatic carbocycles. The number of nitrogens with two attached hydrogens (primary N) is 1. The molecule has 11 atom stereocenters. The number of halogens is 1. The molecule has 5 fully saturated rings. The van der Waals surface area contributed by atoms with Crippen LogP contribution in [0.5, 0.6) is 0 Å². The lowest BCUT2D eigenvalue weighted by Gasteiger charge is -2.62. The SMILES string of the molecule is CC1(C)O[C@@H]2C[C@H]3[C@@H]4CCC5=CC(=O)C=C[C@]5(C)[C@@]4(F)[C@@H](O)C[C@]3(C)[C@]2(C(=O)COC(=O)C2CC2C(=O)OCc2ccc(C(CCN)C(=O)Cc3ccc4cnccc4c3)cc2)O1. The van der Waals surface area contributed by atoms with Crippen molar-refractivity contribution in [2.24, 2.45) is 40.2 Å². The van der Waals surface area contributed by atoms with E-state index in [2.05, 4.69) is 4.98 Å². The molecule has 0 radical (unpaired) electrons. The second kappa shape index (κ2) is 15.6. The zero-order valence-electron chi connectivity index (χ0n) is 36.1. The van der Waals surface area contributed by atoms with Crippen LogP contribution in [-0.2, 0) is 55.9 Å². The lowest BCUT2D eigenvalue weighted by Crippen LogP contribution is -2.70. The first-order valence-corrected chi connectivity index (χ1v) is 22.1. The van der Waals surface area contributed by atoms with Crippen molar-refractivity contribution in [2.45, 2.75) is 114 Å². The molecule has 4 saturated carbocycles. The first-order valence-electron chi connectivity index (χ1n) is 22.1. The van der Waals surface area contributed by atoms with E-state index in [0.29, 0.717) is 43.4 Å². The van der Waals surface area contributed by atoms with Crippen molar-refractivity contribution in [3.8, 4) is 0 Å². The van der Waals surface area contributed by atoms with Crippen LogP contribution in [0.25, 0.3) is 10.8 Å². The molecule has 332 valence electrons. The third-order valence-electron chi connectivity index (χ3n) is 15.5. The quantitative estimate of drug-likeness (QED) is 0.188. The molecule has 63 heavy (non-hydrogen) atoms.